The summed E-state index contributed by atoms with van der Waals surface area (Å²) < 4.78 is 11.0. The molecule has 0 bridgehead atoms. The lowest BCUT2D eigenvalue weighted by Crippen LogP contribution is -2.23. The number of nitrogens with one attached hydrogen (secondary N) is 1. The number of fused-ring (bicyclic) bond motifs is 1. The lowest BCUT2D eigenvalue weighted by atomic mass is 10.1. The first kappa shape index (κ1) is 16.3. The summed E-state index contributed by atoms with van der Waals surface area (Å²) in [5.41, 5.74) is 1.37. The number of hydrogen-bond acceptors (Lipinski definition) is 4. The average Bonchev–Trinajstić information content (AvgIpc) is 3.18. The van der Waals surface area contributed by atoms with E-state index >= 15 is 0 Å². The van der Waals surface area contributed by atoms with Crippen LogP contribution in [0.5, 0.6) is 0 Å². The Bertz CT molecular complexity index is 922. The van der Waals surface area contributed by atoms with Crippen molar-refractivity contribution in [2.45, 2.75) is 13.0 Å². The quantitative estimate of drug-likeness (QED) is 0.401. The second-order valence-corrected chi connectivity index (χ2v) is 5.95. The van der Waals surface area contributed by atoms with Gasteiger partial charge in [0, 0.05) is 28.7 Å². The fourth-order valence-electron chi connectivity index (χ4n) is 2.33. The van der Waals surface area contributed by atoms with Gasteiger partial charge in [-0.2, -0.15) is 0 Å². The molecule has 0 saturated carbocycles. The van der Waals surface area contributed by atoms with Gasteiger partial charge in [-0.15, -0.1) is 0 Å². The minimum absolute atomic E-state index is 0.255. The predicted molar refractivity (Wildman–Crippen MR) is 93.6 cm³/mol. The number of aromatic amines is 1. The van der Waals surface area contributed by atoms with E-state index in [-0.39, 0.29) is 5.78 Å². The normalized spacial score (nSPS) is 12.6. The third kappa shape index (κ3) is 3.49. The van der Waals surface area contributed by atoms with Crippen LogP contribution in [0.15, 0.2) is 57.8 Å². The predicted octanol–water partition coefficient (Wildman–Crippen LogP) is 4.35. The fraction of sp³-hybridized carbons (Fsp3) is 0.111. The van der Waals surface area contributed by atoms with Gasteiger partial charge in [0.15, 0.2) is 10.8 Å². The zero-order chi connectivity index (χ0) is 17.1. The molecule has 0 unspecified atom stereocenters. The van der Waals surface area contributed by atoms with Gasteiger partial charge < -0.3 is 14.1 Å². The Morgan fingerprint density at radius 1 is 1.25 bits per heavy atom. The number of carbonyl (C=O) groups excluding carboxylic acids is 2. The van der Waals surface area contributed by atoms with E-state index in [1.54, 1.807) is 25.3 Å². The minimum atomic E-state index is -0.885. The Hall–Kier alpha value is -2.60. The summed E-state index contributed by atoms with van der Waals surface area (Å²) in [5, 5.41) is 0.807. The Morgan fingerprint density at radius 3 is 2.79 bits per heavy atom. The van der Waals surface area contributed by atoms with Crippen molar-refractivity contribution in [2.24, 2.45) is 0 Å². The molecule has 24 heavy (non-hydrogen) atoms. The highest BCUT2D eigenvalue weighted by atomic mass is 79.9. The standard InChI is InChI=1S/C18H14BrNO4/c1-11(23-17(21)9-7-12-6-8-16(19)24-12)18(22)14-10-20-15-5-3-2-4-13(14)15/h2-11,20H,1H3/b9-7-/t11-/m1/s1. The number of para-hydroxylation sites is 1. The lowest BCUT2D eigenvalue weighted by molar-refractivity contribution is -0.140. The molecular formula is C18H14BrNO4. The van der Waals surface area contributed by atoms with Gasteiger partial charge in [0.25, 0.3) is 0 Å². The molecule has 0 radical (unpaired) electrons. The van der Waals surface area contributed by atoms with E-state index in [1.807, 2.05) is 24.3 Å². The van der Waals surface area contributed by atoms with E-state index < -0.39 is 12.1 Å². The van der Waals surface area contributed by atoms with Crippen LogP contribution in [0.3, 0.4) is 0 Å². The zero-order valence-corrected chi connectivity index (χ0v) is 14.4. The van der Waals surface area contributed by atoms with E-state index in [9.17, 15) is 9.59 Å². The van der Waals surface area contributed by atoms with Gasteiger partial charge in [-0.3, -0.25) is 4.79 Å². The number of ether oxygens (including phenoxy) is 1. The summed E-state index contributed by atoms with van der Waals surface area (Å²) in [5.74, 6) is -0.354. The smallest absolute Gasteiger partial charge is 0.331 e. The van der Waals surface area contributed by atoms with Crippen LogP contribution in [-0.2, 0) is 9.53 Å². The number of Topliss-reactive ketones (excluding diaryl/α,β-unsaturated/α-hetero) is 1. The number of rotatable bonds is 5. The summed E-state index contributed by atoms with van der Waals surface area (Å²) in [6.45, 7) is 1.55. The second kappa shape index (κ2) is 6.88. The maximum atomic E-state index is 12.5. The van der Waals surface area contributed by atoms with Crippen molar-refractivity contribution in [3.8, 4) is 0 Å². The molecule has 1 N–H and O–H groups in total. The number of benzene rings is 1. The van der Waals surface area contributed by atoms with Crippen molar-refractivity contribution >= 4 is 44.7 Å². The fourth-order valence-corrected chi connectivity index (χ4v) is 2.65. The topological polar surface area (TPSA) is 72.3 Å². The highest BCUT2D eigenvalue weighted by Crippen LogP contribution is 2.20. The molecule has 0 aliphatic rings. The monoisotopic (exact) mass is 387 g/mol. The molecule has 1 atom stereocenters. The molecule has 2 heterocycles. The van der Waals surface area contributed by atoms with Crippen LogP contribution in [-0.4, -0.2) is 22.8 Å². The van der Waals surface area contributed by atoms with E-state index in [0.29, 0.717) is 16.0 Å². The van der Waals surface area contributed by atoms with Crippen LogP contribution >= 0.6 is 15.9 Å². The van der Waals surface area contributed by atoms with Crippen molar-refractivity contribution in [2.75, 3.05) is 0 Å². The molecule has 0 aliphatic carbocycles. The van der Waals surface area contributed by atoms with E-state index in [1.165, 1.54) is 12.2 Å². The maximum Gasteiger partial charge on any atom is 0.331 e. The first-order valence-corrected chi connectivity index (χ1v) is 8.08. The van der Waals surface area contributed by atoms with Gasteiger partial charge in [0.1, 0.15) is 5.76 Å². The van der Waals surface area contributed by atoms with Crippen LogP contribution in [0.25, 0.3) is 17.0 Å². The molecule has 2 aromatic heterocycles. The van der Waals surface area contributed by atoms with E-state index in [0.717, 1.165) is 10.9 Å². The van der Waals surface area contributed by atoms with Crippen LogP contribution < -0.4 is 0 Å². The summed E-state index contributed by atoms with van der Waals surface area (Å²) in [7, 11) is 0. The van der Waals surface area contributed by atoms with Crippen LogP contribution in [0.4, 0.5) is 0 Å². The van der Waals surface area contributed by atoms with Crippen LogP contribution in [0.1, 0.15) is 23.0 Å². The molecule has 3 aromatic rings. The first-order valence-electron chi connectivity index (χ1n) is 7.29. The molecule has 0 fully saturated rings. The Kier molecular flexibility index (Phi) is 4.66. The summed E-state index contributed by atoms with van der Waals surface area (Å²) >= 11 is 3.18. The van der Waals surface area contributed by atoms with Gasteiger partial charge in [0.2, 0.25) is 5.78 Å². The van der Waals surface area contributed by atoms with Gasteiger partial charge in [-0.1, -0.05) is 18.2 Å². The first-order chi connectivity index (χ1) is 11.5. The summed E-state index contributed by atoms with van der Waals surface area (Å²) in [4.78, 5) is 27.4. The molecule has 1 aromatic carbocycles. The Balaban J connectivity index is 1.67. The van der Waals surface area contributed by atoms with Crippen molar-refractivity contribution in [3.63, 3.8) is 0 Å². The number of furan rings is 1. The van der Waals surface area contributed by atoms with Gasteiger partial charge in [0.05, 0.1) is 0 Å². The van der Waals surface area contributed by atoms with Gasteiger partial charge in [-0.05, 0) is 47.1 Å². The number of H-pyrrole nitrogens is 1. The molecule has 5 nitrogen and oxygen atoms in total. The van der Waals surface area contributed by atoms with Gasteiger partial charge >= 0.3 is 5.97 Å². The Morgan fingerprint density at radius 2 is 2.04 bits per heavy atom. The molecular weight excluding hydrogens is 374 g/mol. The number of aromatic nitrogens is 1. The third-order valence-electron chi connectivity index (χ3n) is 3.49. The summed E-state index contributed by atoms with van der Waals surface area (Å²) in [6.07, 6.45) is 3.46. The third-order valence-corrected chi connectivity index (χ3v) is 3.92. The average molecular weight is 388 g/mol. The number of carbonyl (C=O) groups is 2. The lowest BCUT2D eigenvalue weighted by Gasteiger charge is -2.10. The zero-order valence-electron chi connectivity index (χ0n) is 12.8. The SMILES string of the molecule is C[C@@H](OC(=O)/C=C\c1ccc(Br)o1)C(=O)c1c[nH]c2ccccc12. The number of halogens is 1. The van der Waals surface area contributed by atoms with Crippen molar-refractivity contribution in [1.29, 1.82) is 0 Å². The highest BCUT2D eigenvalue weighted by molar-refractivity contribution is 9.10. The second-order valence-electron chi connectivity index (χ2n) is 5.17. The van der Waals surface area contributed by atoms with E-state index in [4.69, 9.17) is 9.15 Å². The minimum Gasteiger partial charge on any atom is -0.451 e. The number of esters is 1. The molecule has 0 aliphatic heterocycles. The van der Waals surface area contributed by atoms with Crippen LogP contribution in [0.2, 0.25) is 0 Å². The van der Waals surface area contributed by atoms with Crippen LogP contribution in [0, 0.1) is 0 Å². The Labute approximate surface area is 146 Å². The van der Waals surface area contributed by atoms with Crippen molar-refractivity contribution in [3.05, 3.63) is 64.7 Å². The molecule has 0 saturated heterocycles. The highest BCUT2D eigenvalue weighted by Gasteiger charge is 2.21. The van der Waals surface area contributed by atoms with E-state index in [2.05, 4.69) is 20.9 Å². The number of ketones is 1. The molecule has 3 rings (SSSR count). The molecule has 122 valence electrons. The van der Waals surface area contributed by atoms with Crippen molar-refractivity contribution < 1.29 is 18.7 Å². The molecule has 6 heteroatoms. The molecule has 0 spiro atoms. The molecule has 0 amide bonds. The largest absolute Gasteiger partial charge is 0.451 e. The van der Waals surface area contributed by atoms with Crippen molar-refractivity contribution in [1.82, 2.24) is 4.98 Å². The van der Waals surface area contributed by atoms with Gasteiger partial charge in [-0.25, -0.2) is 4.79 Å². The maximum absolute atomic E-state index is 12.5. The summed E-state index contributed by atoms with van der Waals surface area (Å²) in [6, 6.07) is 10.9. The number of hydrogen-bond donors (Lipinski definition) is 1.